The zero-order chi connectivity index (χ0) is 13.0. The van der Waals surface area contributed by atoms with Gasteiger partial charge in [-0.25, -0.2) is 0 Å². The molecule has 1 atom stereocenters. The van der Waals surface area contributed by atoms with Crippen molar-refractivity contribution in [2.24, 2.45) is 0 Å². The minimum atomic E-state index is -0.926. The van der Waals surface area contributed by atoms with E-state index < -0.39 is 11.9 Å². The second-order valence-corrected chi connectivity index (χ2v) is 4.18. The van der Waals surface area contributed by atoms with E-state index in [4.69, 9.17) is 9.84 Å². The topological polar surface area (TPSA) is 66.8 Å². The molecule has 0 saturated heterocycles. The summed E-state index contributed by atoms with van der Waals surface area (Å²) in [6.45, 7) is 3.64. The molecule has 2 N–H and O–H groups in total. The normalized spacial score (nSPS) is 12.2. The van der Waals surface area contributed by atoms with Gasteiger partial charge in [-0.2, -0.15) is 0 Å². The van der Waals surface area contributed by atoms with Crippen LogP contribution in [-0.4, -0.2) is 29.9 Å². The van der Waals surface area contributed by atoms with Gasteiger partial charge in [0.15, 0.2) is 0 Å². The summed E-state index contributed by atoms with van der Waals surface area (Å²) < 4.78 is 5.29. The summed E-state index contributed by atoms with van der Waals surface area (Å²) in [4.78, 5) is 10.8. The maximum atomic E-state index is 10.8. The molecule has 1 unspecified atom stereocenters. The van der Waals surface area contributed by atoms with Crippen LogP contribution in [0.25, 0.3) is 0 Å². The third-order valence-electron chi connectivity index (χ3n) is 2.73. The van der Waals surface area contributed by atoms with Crippen molar-refractivity contribution in [3.63, 3.8) is 0 Å². The molecule has 0 aliphatic heterocycles. The number of carboxylic acids is 1. The van der Waals surface area contributed by atoms with Crippen molar-refractivity contribution < 1.29 is 19.7 Å². The second kappa shape index (κ2) is 5.68. The molecule has 0 amide bonds. The number of aryl methyl sites for hydroxylation is 2. The molecule has 0 bridgehead atoms. The lowest BCUT2D eigenvalue weighted by molar-refractivity contribution is -0.137. The van der Waals surface area contributed by atoms with Crippen molar-refractivity contribution in [2.75, 3.05) is 13.7 Å². The number of aliphatic carboxylic acids is 1. The lowest BCUT2D eigenvalue weighted by atomic mass is 9.92. The zero-order valence-corrected chi connectivity index (χ0v) is 10.4. The third kappa shape index (κ3) is 3.20. The molecule has 0 aliphatic carbocycles. The van der Waals surface area contributed by atoms with E-state index in [1.54, 1.807) is 7.11 Å². The molecule has 0 fully saturated rings. The summed E-state index contributed by atoms with van der Waals surface area (Å²) in [5, 5.41) is 18.1. The molecule has 1 aromatic rings. The molecule has 0 radical (unpaired) electrons. The molecule has 4 nitrogen and oxygen atoms in total. The zero-order valence-electron chi connectivity index (χ0n) is 10.4. The number of methoxy groups -OCH3 is 1. The molecule has 1 aromatic carbocycles. The number of benzene rings is 1. The van der Waals surface area contributed by atoms with Gasteiger partial charge in [-0.1, -0.05) is 17.7 Å². The van der Waals surface area contributed by atoms with E-state index in [2.05, 4.69) is 0 Å². The highest BCUT2D eigenvalue weighted by Gasteiger charge is 2.20. The maximum Gasteiger partial charge on any atom is 0.304 e. The van der Waals surface area contributed by atoms with E-state index in [9.17, 15) is 9.90 Å². The first-order chi connectivity index (χ1) is 7.99. The average molecular weight is 238 g/mol. The van der Waals surface area contributed by atoms with Crippen molar-refractivity contribution in [1.82, 2.24) is 0 Å². The Bertz CT molecular complexity index is 412. The Morgan fingerprint density at radius 3 is 2.53 bits per heavy atom. The number of aliphatic hydroxyl groups is 1. The molecule has 0 spiro atoms. The van der Waals surface area contributed by atoms with Crippen molar-refractivity contribution >= 4 is 5.97 Å². The van der Waals surface area contributed by atoms with Gasteiger partial charge >= 0.3 is 5.97 Å². The van der Waals surface area contributed by atoms with Gasteiger partial charge in [0, 0.05) is 11.5 Å². The molecule has 94 valence electrons. The first-order valence-corrected chi connectivity index (χ1v) is 5.47. The molecular weight excluding hydrogens is 220 g/mol. The van der Waals surface area contributed by atoms with Crippen LogP contribution in [0.4, 0.5) is 0 Å². The monoisotopic (exact) mass is 238 g/mol. The molecular formula is C13H18O4. The Kier molecular flexibility index (Phi) is 4.52. The van der Waals surface area contributed by atoms with Crippen LogP contribution in [0.2, 0.25) is 0 Å². The van der Waals surface area contributed by atoms with Crippen LogP contribution in [0, 0.1) is 13.8 Å². The Labute approximate surface area is 101 Å². The Morgan fingerprint density at radius 2 is 2.06 bits per heavy atom. The summed E-state index contributed by atoms with van der Waals surface area (Å²) in [5.74, 6) is -0.692. The van der Waals surface area contributed by atoms with Gasteiger partial charge < -0.3 is 14.9 Å². The lowest BCUT2D eigenvalue weighted by Gasteiger charge is -2.18. The quantitative estimate of drug-likeness (QED) is 0.821. The number of carbonyl (C=O) groups is 1. The maximum absolute atomic E-state index is 10.8. The van der Waals surface area contributed by atoms with Crippen molar-refractivity contribution in [1.29, 1.82) is 0 Å². The van der Waals surface area contributed by atoms with E-state index >= 15 is 0 Å². The number of aliphatic hydroxyl groups excluding tert-OH is 1. The van der Waals surface area contributed by atoms with Gasteiger partial charge in [0.2, 0.25) is 0 Å². The fourth-order valence-electron chi connectivity index (χ4n) is 2.05. The third-order valence-corrected chi connectivity index (χ3v) is 2.73. The highest BCUT2D eigenvalue weighted by molar-refractivity contribution is 5.68. The fraction of sp³-hybridized carbons (Fsp3) is 0.462. The van der Waals surface area contributed by atoms with E-state index in [1.165, 1.54) is 0 Å². The van der Waals surface area contributed by atoms with E-state index in [1.807, 2.05) is 26.0 Å². The molecule has 0 saturated carbocycles. The van der Waals surface area contributed by atoms with Crippen LogP contribution in [0.5, 0.6) is 5.75 Å². The van der Waals surface area contributed by atoms with Crippen LogP contribution < -0.4 is 4.74 Å². The average Bonchev–Trinajstić information content (AvgIpc) is 2.24. The number of carboxylic acid groups (broad SMARTS) is 1. The molecule has 0 heterocycles. The standard InChI is InChI=1S/C13H18O4/c1-8-4-9(2)13(17-3)11(5-8)10(7-14)6-12(15)16/h4-5,10,14H,6-7H2,1-3H3,(H,15,16). The first-order valence-electron chi connectivity index (χ1n) is 5.47. The number of rotatable bonds is 5. The number of hydrogen-bond acceptors (Lipinski definition) is 3. The smallest absolute Gasteiger partial charge is 0.304 e. The van der Waals surface area contributed by atoms with Gasteiger partial charge in [-0.05, 0) is 19.4 Å². The van der Waals surface area contributed by atoms with Gasteiger partial charge in [0.1, 0.15) is 5.75 Å². The SMILES string of the molecule is COc1c(C)cc(C)cc1C(CO)CC(=O)O. The van der Waals surface area contributed by atoms with Crippen molar-refractivity contribution in [2.45, 2.75) is 26.2 Å². The first kappa shape index (κ1) is 13.5. The van der Waals surface area contributed by atoms with Gasteiger partial charge in [-0.15, -0.1) is 0 Å². The van der Waals surface area contributed by atoms with Crippen molar-refractivity contribution in [3.05, 3.63) is 28.8 Å². The van der Waals surface area contributed by atoms with Crippen LogP contribution in [-0.2, 0) is 4.79 Å². The Balaban J connectivity index is 3.21. The van der Waals surface area contributed by atoms with E-state index in [-0.39, 0.29) is 13.0 Å². The number of hydrogen-bond donors (Lipinski definition) is 2. The summed E-state index contributed by atoms with van der Waals surface area (Å²) in [6.07, 6.45) is -0.101. The predicted octanol–water partition coefficient (Wildman–Crippen LogP) is 1.86. The fourth-order valence-corrected chi connectivity index (χ4v) is 2.05. The van der Waals surface area contributed by atoms with Crippen LogP contribution >= 0.6 is 0 Å². The molecule has 0 aromatic heterocycles. The van der Waals surface area contributed by atoms with Gasteiger partial charge in [0.25, 0.3) is 0 Å². The van der Waals surface area contributed by atoms with Crippen LogP contribution in [0.1, 0.15) is 29.0 Å². The van der Waals surface area contributed by atoms with Gasteiger partial charge in [-0.3, -0.25) is 4.79 Å². The largest absolute Gasteiger partial charge is 0.496 e. The Morgan fingerprint density at radius 1 is 1.41 bits per heavy atom. The minimum Gasteiger partial charge on any atom is -0.496 e. The summed E-state index contributed by atoms with van der Waals surface area (Å²) in [6, 6.07) is 3.84. The van der Waals surface area contributed by atoms with Crippen LogP contribution in [0.3, 0.4) is 0 Å². The Hall–Kier alpha value is -1.55. The second-order valence-electron chi connectivity index (χ2n) is 4.18. The highest BCUT2D eigenvalue weighted by Crippen LogP contribution is 2.32. The lowest BCUT2D eigenvalue weighted by Crippen LogP contribution is -2.12. The molecule has 1 rings (SSSR count). The minimum absolute atomic E-state index is 0.101. The van der Waals surface area contributed by atoms with Crippen molar-refractivity contribution in [3.8, 4) is 5.75 Å². The number of ether oxygens (including phenoxy) is 1. The summed E-state index contributed by atoms with van der Waals surface area (Å²) >= 11 is 0. The predicted molar refractivity (Wildman–Crippen MR) is 64.5 cm³/mol. The molecule has 0 aliphatic rings. The molecule has 17 heavy (non-hydrogen) atoms. The summed E-state index contributed by atoms with van der Waals surface area (Å²) in [5.41, 5.74) is 2.74. The van der Waals surface area contributed by atoms with E-state index in [0.29, 0.717) is 5.75 Å². The molecule has 4 heteroatoms. The van der Waals surface area contributed by atoms with Gasteiger partial charge in [0.05, 0.1) is 20.1 Å². The highest BCUT2D eigenvalue weighted by atomic mass is 16.5. The van der Waals surface area contributed by atoms with E-state index in [0.717, 1.165) is 16.7 Å². The van der Waals surface area contributed by atoms with Crippen LogP contribution in [0.15, 0.2) is 12.1 Å². The summed E-state index contributed by atoms with van der Waals surface area (Å²) in [7, 11) is 1.55.